The minimum Gasteiger partial charge on any atom is -0.481 e. The summed E-state index contributed by atoms with van der Waals surface area (Å²) in [5.41, 5.74) is 0. The van der Waals surface area contributed by atoms with Crippen molar-refractivity contribution in [1.82, 2.24) is 9.97 Å². The predicted octanol–water partition coefficient (Wildman–Crippen LogP) is 0.956. The highest BCUT2D eigenvalue weighted by Gasteiger charge is 1.91. The van der Waals surface area contributed by atoms with Crippen LogP contribution in [-0.4, -0.2) is 21.0 Å². The number of rotatable bonds is 1. The van der Waals surface area contributed by atoms with Crippen molar-refractivity contribution in [3.05, 3.63) is 23.2 Å². The van der Waals surface area contributed by atoms with Crippen LogP contribution in [0, 0.1) is 11.8 Å². The fraction of sp³-hybridized carbons (Fsp3) is 0.125. The lowest BCUT2D eigenvalue weighted by atomic mass is 10.4. The second-order valence-electron chi connectivity index (χ2n) is 2.10. The van der Waals surface area contributed by atoms with Crippen LogP contribution < -0.4 is 0 Å². The van der Waals surface area contributed by atoms with E-state index in [0.717, 1.165) is 0 Å². The monoisotopic (exact) mass is 196 g/mol. The molecule has 66 valence electrons. The number of hydrogen-bond acceptors (Lipinski definition) is 3. The van der Waals surface area contributed by atoms with E-state index < -0.39 is 5.97 Å². The minimum atomic E-state index is -0.971. The van der Waals surface area contributed by atoms with Crippen LogP contribution in [0.3, 0.4) is 0 Å². The Labute approximate surface area is 79.6 Å². The fourth-order valence-corrected chi connectivity index (χ4v) is 0.673. The summed E-state index contributed by atoms with van der Waals surface area (Å²) in [6.45, 7) is 0. The van der Waals surface area contributed by atoms with Gasteiger partial charge in [0.1, 0.15) is 6.42 Å². The van der Waals surface area contributed by atoms with E-state index in [1.807, 2.05) is 0 Å². The highest BCUT2D eigenvalue weighted by atomic mass is 35.5. The van der Waals surface area contributed by atoms with Crippen molar-refractivity contribution in [2.45, 2.75) is 6.42 Å². The van der Waals surface area contributed by atoms with Crippen molar-refractivity contribution >= 4 is 17.6 Å². The molecule has 0 saturated heterocycles. The number of aromatic nitrogens is 2. The van der Waals surface area contributed by atoms with Gasteiger partial charge < -0.3 is 5.11 Å². The predicted molar refractivity (Wildman–Crippen MR) is 46.2 cm³/mol. The molecule has 1 heterocycles. The Morgan fingerprint density at radius 2 is 2.15 bits per heavy atom. The van der Waals surface area contributed by atoms with E-state index in [9.17, 15) is 4.79 Å². The zero-order valence-corrected chi connectivity index (χ0v) is 7.25. The quantitative estimate of drug-likeness (QED) is 0.680. The van der Waals surface area contributed by atoms with Gasteiger partial charge in [0.15, 0.2) is 0 Å². The summed E-state index contributed by atoms with van der Waals surface area (Å²) >= 11 is 5.53. The molecule has 1 aromatic heterocycles. The Morgan fingerprint density at radius 3 is 2.69 bits per heavy atom. The average Bonchev–Trinajstić information content (AvgIpc) is 2.08. The van der Waals surface area contributed by atoms with E-state index in [4.69, 9.17) is 16.7 Å². The molecule has 13 heavy (non-hydrogen) atoms. The Balaban J connectivity index is 2.67. The molecule has 0 aliphatic heterocycles. The second kappa shape index (κ2) is 4.43. The van der Waals surface area contributed by atoms with Gasteiger partial charge in [-0.1, -0.05) is 17.5 Å². The fourth-order valence-electron chi connectivity index (χ4n) is 0.576. The molecule has 1 N–H and O–H groups in total. The van der Waals surface area contributed by atoms with Gasteiger partial charge in [0, 0.05) is 0 Å². The van der Waals surface area contributed by atoms with Gasteiger partial charge in [-0.05, 0) is 5.92 Å². The molecule has 5 heteroatoms. The van der Waals surface area contributed by atoms with E-state index in [2.05, 4.69) is 21.8 Å². The van der Waals surface area contributed by atoms with E-state index in [1.54, 1.807) is 0 Å². The average molecular weight is 197 g/mol. The smallest absolute Gasteiger partial charge is 0.315 e. The number of carbonyl (C=O) groups is 1. The molecule has 0 aliphatic carbocycles. The first-order valence-electron chi connectivity index (χ1n) is 3.36. The van der Waals surface area contributed by atoms with Gasteiger partial charge in [-0.2, -0.15) is 0 Å². The van der Waals surface area contributed by atoms with Crippen LogP contribution in [0.1, 0.15) is 12.2 Å². The molecular weight excluding hydrogens is 192 g/mol. The Kier molecular flexibility index (Phi) is 3.23. The van der Waals surface area contributed by atoms with Crippen molar-refractivity contribution in [1.29, 1.82) is 0 Å². The Hall–Kier alpha value is -1.60. The number of hydrogen-bond donors (Lipinski definition) is 1. The molecular formula is C8H5ClN2O2. The number of carboxylic acids is 1. The van der Waals surface area contributed by atoms with Crippen molar-refractivity contribution in [3.8, 4) is 11.8 Å². The zero-order valence-electron chi connectivity index (χ0n) is 6.49. The molecule has 0 fully saturated rings. The zero-order chi connectivity index (χ0) is 9.68. The molecule has 0 spiro atoms. The highest BCUT2D eigenvalue weighted by Crippen LogP contribution is 2.01. The first kappa shape index (κ1) is 9.49. The lowest BCUT2D eigenvalue weighted by Gasteiger charge is -1.87. The van der Waals surface area contributed by atoms with E-state index in [-0.39, 0.29) is 12.2 Å². The third-order valence-corrected chi connectivity index (χ3v) is 1.26. The van der Waals surface area contributed by atoms with Gasteiger partial charge in [-0.15, -0.1) is 0 Å². The molecule has 0 unspecified atom stereocenters. The third kappa shape index (κ3) is 3.54. The van der Waals surface area contributed by atoms with Gasteiger partial charge >= 0.3 is 5.97 Å². The van der Waals surface area contributed by atoms with Crippen LogP contribution in [0.25, 0.3) is 0 Å². The van der Waals surface area contributed by atoms with Crippen molar-refractivity contribution in [3.63, 3.8) is 0 Å². The summed E-state index contributed by atoms with van der Waals surface area (Å²) < 4.78 is 0. The summed E-state index contributed by atoms with van der Waals surface area (Å²) in [6, 6.07) is 0. The van der Waals surface area contributed by atoms with Gasteiger partial charge in [-0.3, -0.25) is 4.79 Å². The molecule has 1 aromatic rings. The highest BCUT2D eigenvalue weighted by molar-refractivity contribution is 6.30. The molecule has 4 nitrogen and oxygen atoms in total. The van der Waals surface area contributed by atoms with Crippen LogP contribution >= 0.6 is 11.6 Å². The van der Waals surface area contributed by atoms with Crippen LogP contribution in [0.15, 0.2) is 12.4 Å². The van der Waals surface area contributed by atoms with Gasteiger partial charge in [0.2, 0.25) is 5.82 Å². The SMILES string of the molecule is O=C(O)CC#Cc1ncc(Cl)cn1. The number of halogens is 1. The van der Waals surface area contributed by atoms with Crippen molar-refractivity contribution in [2.75, 3.05) is 0 Å². The first-order chi connectivity index (χ1) is 6.18. The number of carboxylic acid groups (broad SMARTS) is 1. The third-order valence-electron chi connectivity index (χ3n) is 1.06. The molecule has 0 aromatic carbocycles. The van der Waals surface area contributed by atoms with Crippen LogP contribution in [0.2, 0.25) is 5.02 Å². The van der Waals surface area contributed by atoms with Crippen LogP contribution in [0.4, 0.5) is 0 Å². The normalized spacial score (nSPS) is 8.69. The van der Waals surface area contributed by atoms with Gasteiger partial charge in [0.05, 0.1) is 17.4 Å². The summed E-state index contributed by atoms with van der Waals surface area (Å²) in [6.07, 6.45) is 2.59. The second-order valence-corrected chi connectivity index (χ2v) is 2.53. The van der Waals surface area contributed by atoms with Gasteiger partial charge in [-0.25, -0.2) is 9.97 Å². The lowest BCUT2D eigenvalue weighted by Crippen LogP contribution is -1.91. The molecule has 0 radical (unpaired) electrons. The van der Waals surface area contributed by atoms with E-state index in [1.165, 1.54) is 12.4 Å². The maximum Gasteiger partial charge on any atom is 0.315 e. The van der Waals surface area contributed by atoms with E-state index >= 15 is 0 Å². The summed E-state index contributed by atoms with van der Waals surface area (Å²) in [5.74, 6) is 4.19. The van der Waals surface area contributed by atoms with Crippen molar-refractivity contribution < 1.29 is 9.90 Å². The number of nitrogens with zero attached hydrogens (tertiary/aromatic N) is 2. The molecule has 1 rings (SSSR count). The topological polar surface area (TPSA) is 63.1 Å². The summed E-state index contributed by atoms with van der Waals surface area (Å²) in [5, 5.41) is 8.69. The van der Waals surface area contributed by atoms with Crippen LogP contribution in [-0.2, 0) is 4.79 Å². The first-order valence-corrected chi connectivity index (χ1v) is 3.74. The van der Waals surface area contributed by atoms with Gasteiger partial charge in [0.25, 0.3) is 0 Å². The van der Waals surface area contributed by atoms with E-state index in [0.29, 0.717) is 5.02 Å². The molecule has 0 bridgehead atoms. The maximum atomic E-state index is 10.1. The lowest BCUT2D eigenvalue weighted by molar-refractivity contribution is -0.135. The summed E-state index contributed by atoms with van der Waals surface area (Å²) in [4.78, 5) is 17.6. The Bertz CT molecular complexity index is 364. The maximum absolute atomic E-state index is 10.1. The van der Waals surface area contributed by atoms with Crippen molar-refractivity contribution in [2.24, 2.45) is 0 Å². The molecule has 0 amide bonds. The minimum absolute atomic E-state index is 0.216. The summed E-state index contributed by atoms with van der Waals surface area (Å²) in [7, 11) is 0. The molecule has 0 saturated carbocycles. The standard InChI is InChI=1S/C8H5ClN2O2/c9-6-4-10-7(11-5-6)2-1-3-8(12)13/h4-5H,3H2,(H,12,13). The molecule has 0 aliphatic rings. The molecule has 0 atom stereocenters. The van der Waals surface area contributed by atoms with Crippen LogP contribution in [0.5, 0.6) is 0 Å². The number of aliphatic carboxylic acids is 1. The largest absolute Gasteiger partial charge is 0.481 e. The Morgan fingerprint density at radius 1 is 1.54 bits per heavy atom.